The molecule has 3 heterocycles. The molecular formula is C26H26FN3O3. The van der Waals surface area contributed by atoms with Gasteiger partial charge in [0.15, 0.2) is 0 Å². The van der Waals surface area contributed by atoms with Gasteiger partial charge in [0.1, 0.15) is 5.82 Å². The zero-order valence-electron chi connectivity index (χ0n) is 18.5. The number of aromatic amines is 1. The minimum Gasteiger partial charge on any atom is -0.481 e. The predicted molar refractivity (Wildman–Crippen MR) is 123 cm³/mol. The van der Waals surface area contributed by atoms with Gasteiger partial charge in [0, 0.05) is 41.3 Å². The number of nitrogens with one attached hydrogen (secondary N) is 1. The van der Waals surface area contributed by atoms with Gasteiger partial charge in [-0.3, -0.25) is 9.89 Å². The summed E-state index contributed by atoms with van der Waals surface area (Å²) < 4.78 is 21.9. The van der Waals surface area contributed by atoms with Crippen LogP contribution >= 0.6 is 0 Å². The van der Waals surface area contributed by atoms with Crippen molar-refractivity contribution in [1.82, 2.24) is 14.8 Å². The van der Waals surface area contributed by atoms with Crippen LogP contribution in [0.15, 0.2) is 36.5 Å². The number of carbonyl (C=O) groups is 1. The third kappa shape index (κ3) is 3.25. The fourth-order valence-electron chi connectivity index (χ4n) is 5.48. The first kappa shape index (κ1) is 20.4. The molecule has 6 nitrogen and oxygen atoms in total. The van der Waals surface area contributed by atoms with Crippen molar-refractivity contribution in [2.45, 2.75) is 44.9 Å². The van der Waals surface area contributed by atoms with Crippen LogP contribution in [-0.4, -0.2) is 39.1 Å². The number of aromatic nitrogens is 3. The van der Waals surface area contributed by atoms with Gasteiger partial charge in [-0.25, -0.2) is 4.39 Å². The van der Waals surface area contributed by atoms with E-state index in [-0.39, 0.29) is 11.7 Å². The Morgan fingerprint density at radius 3 is 2.76 bits per heavy atom. The molecule has 2 aliphatic rings. The molecule has 4 aromatic rings. The molecule has 2 aromatic heterocycles. The van der Waals surface area contributed by atoms with E-state index >= 15 is 0 Å². The van der Waals surface area contributed by atoms with Crippen molar-refractivity contribution in [2.24, 2.45) is 5.41 Å². The highest BCUT2D eigenvalue weighted by Gasteiger charge is 2.51. The van der Waals surface area contributed by atoms with Crippen molar-refractivity contribution < 1.29 is 19.0 Å². The summed E-state index contributed by atoms with van der Waals surface area (Å²) in [6.07, 6.45) is 5.45. The summed E-state index contributed by atoms with van der Waals surface area (Å²) in [6.45, 7) is 3.29. The van der Waals surface area contributed by atoms with Crippen LogP contribution in [0.5, 0.6) is 0 Å². The Kier molecular flexibility index (Phi) is 4.59. The summed E-state index contributed by atoms with van der Waals surface area (Å²) >= 11 is 0. The molecule has 33 heavy (non-hydrogen) atoms. The van der Waals surface area contributed by atoms with E-state index < -0.39 is 11.4 Å². The summed E-state index contributed by atoms with van der Waals surface area (Å²) in [5, 5.41) is 19.3. The second-order valence-electron chi connectivity index (χ2n) is 9.61. The molecule has 0 amide bonds. The highest BCUT2D eigenvalue weighted by Crippen LogP contribution is 2.52. The SMILES string of the molecule is Cc1cc(F)ccc1-n1c(C2CCOCC2)c(CC2(C(=O)O)CC2)c2cc3[nH]ncc3cc21. The third-order valence-electron chi connectivity index (χ3n) is 7.50. The van der Waals surface area contributed by atoms with Gasteiger partial charge in [-0.2, -0.15) is 5.10 Å². The van der Waals surface area contributed by atoms with Crippen LogP contribution in [0.1, 0.15) is 48.4 Å². The molecule has 1 saturated carbocycles. The van der Waals surface area contributed by atoms with Crippen molar-refractivity contribution in [3.05, 3.63) is 59.2 Å². The van der Waals surface area contributed by atoms with E-state index in [0.29, 0.717) is 32.5 Å². The molecule has 1 aliphatic heterocycles. The van der Waals surface area contributed by atoms with E-state index in [4.69, 9.17) is 4.74 Å². The van der Waals surface area contributed by atoms with E-state index in [0.717, 1.165) is 57.2 Å². The molecule has 0 radical (unpaired) electrons. The Bertz CT molecular complexity index is 1390. The molecule has 6 rings (SSSR count). The van der Waals surface area contributed by atoms with Gasteiger partial charge in [0.25, 0.3) is 0 Å². The second-order valence-corrected chi connectivity index (χ2v) is 9.61. The lowest BCUT2D eigenvalue weighted by molar-refractivity contribution is -0.143. The molecule has 0 bridgehead atoms. The van der Waals surface area contributed by atoms with Gasteiger partial charge in [0.2, 0.25) is 0 Å². The summed E-state index contributed by atoms with van der Waals surface area (Å²) in [4.78, 5) is 12.2. The molecule has 170 valence electrons. The van der Waals surface area contributed by atoms with E-state index in [2.05, 4.69) is 26.9 Å². The standard InChI is InChI=1S/C26H26FN3O3/c1-15-10-18(27)2-3-22(15)30-23-11-17-14-28-29-21(17)12-19(23)20(13-26(6-7-26)25(31)32)24(30)16-4-8-33-9-5-16/h2-3,10-12,14,16H,4-9,13H2,1H3,(H,28,29)(H,31,32). The van der Waals surface area contributed by atoms with E-state index in [1.165, 1.54) is 6.07 Å². The maximum absolute atomic E-state index is 14.0. The van der Waals surface area contributed by atoms with E-state index in [1.54, 1.807) is 12.3 Å². The number of halogens is 1. The number of ether oxygens (including phenoxy) is 1. The van der Waals surface area contributed by atoms with Gasteiger partial charge in [-0.15, -0.1) is 0 Å². The smallest absolute Gasteiger partial charge is 0.309 e. The summed E-state index contributed by atoms with van der Waals surface area (Å²) in [5.41, 5.74) is 5.26. The maximum atomic E-state index is 14.0. The van der Waals surface area contributed by atoms with Crippen molar-refractivity contribution in [3.63, 3.8) is 0 Å². The number of H-pyrrole nitrogens is 1. The number of benzene rings is 2. The number of fused-ring (bicyclic) bond motifs is 2. The predicted octanol–water partition coefficient (Wildman–Crippen LogP) is 5.26. The Hall–Kier alpha value is -3.19. The monoisotopic (exact) mass is 447 g/mol. The minimum absolute atomic E-state index is 0.242. The first-order chi connectivity index (χ1) is 16.0. The quantitative estimate of drug-likeness (QED) is 0.438. The molecular weight excluding hydrogens is 421 g/mol. The van der Waals surface area contributed by atoms with Gasteiger partial charge < -0.3 is 14.4 Å². The van der Waals surface area contributed by atoms with Crippen molar-refractivity contribution >= 4 is 27.8 Å². The fourth-order valence-corrected chi connectivity index (χ4v) is 5.48. The number of aliphatic carboxylic acids is 1. The molecule has 2 fully saturated rings. The Labute approximate surface area is 190 Å². The number of hydrogen-bond acceptors (Lipinski definition) is 3. The second kappa shape index (κ2) is 7.42. The molecule has 1 aliphatic carbocycles. The topological polar surface area (TPSA) is 80.1 Å². The molecule has 7 heteroatoms. The molecule has 1 saturated heterocycles. The summed E-state index contributed by atoms with van der Waals surface area (Å²) in [5.74, 6) is -0.742. The molecule has 0 spiro atoms. The van der Waals surface area contributed by atoms with Crippen molar-refractivity contribution in [2.75, 3.05) is 13.2 Å². The largest absolute Gasteiger partial charge is 0.481 e. The lowest BCUT2D eigenvalue weighted by Crippen LogP contribution is -2.22. The van der Waals surface area contributed by atoms with E-state index in [9.17, 15) is 14.3 Å². The molecule has 2 aromatic carbocycles. The number of hydrogen-bond donors (Lipinski definition) is 2. The highest BCUT2D eigenvalue weighted by molar-refractivity contribution is 5.99. The van der Waals surface area contributed by atoms with Crippen molar-refractivity contribution in [1.29, 1.82) is 0 Å². The normalized spacial score (nSPS) is 18.2. The molecule has 2 N–H and O–H groups in total. The van der Waals surface area contributed by atoms with Crippen molar-refractivity contribution in [3.8, 4) is 5.69 Å². The number of rotatable bonds is 5. The average Bonchev–Trinajstić information content (AvgIpc) is 3.35. The fraction of sp³-hybridized carbons (Fsp3) is 0.385. The molecule has 0 unspecified atom stereocenters. The minimum atomic E-state index is -0.720. The zero-order chi connectivity index (χ0) is 22.7. The van der Waals surface area contributed by atoms with E-state index in [1.807, 2.05) is 13.0 Å². The Balaban J connectivity index is 1.69. The first-order valence-electron chi connectivity index (χ1n) is 11.5. The Morgan fingerprint density at radius 2 is 2.06 bits per heavy atom. The van der Waals surface area contributed by atoms with Gasteiger partial charge in [-0.1, -0.05) is 0 Å². The average molecular weight is 448 g/mol. The van der Waals surface area contributed by atoms with Gasteiger partial charge >= 0.3 is 5.97 Å². The van der Waals surface area contributed by atoms with Crippen LogP contribution in [0.4, 0.5) is 4.39 Å². The van der Waals surface area contributed by atoms with Gasteiger partial charge in [-0.05, 0) is 80.5 Å². The summed E-state index contributed by atoms with van der Waals surface area (Å²) in [6, 6.07) is 9.11. The van der Waals surface area contributed by atoms with Crippen LogP contribution < -0.4 is 0 Å². The Morgan fingerprint density at radius 1 is 1.27 bits per heavy atom. The zero-order valence-corrected chi connectivity index (χ0v) is 18.5. The van der Waals surface area contributed by atoms with Crippen LogP contribution in [0.2, 0.25) is 0 Å². The highest BCUT2D eigenvalue weighted by atomic mass is 19.1. The lowest BCUT2D eigenvalue weighted by Gasteiger charge is -2.27. The first-order valence-corrected chi connectivity index (χ1v) is 11.5. The van der Waals surface area contributed by atoms with Crippen LogP contribution in [0.3, 0.4) is 0 Å². The molecule has 0 atom stereocenters. The van der Waals surface area contributed by atoms with Gasteiger partial charge in [0.05, 0.1) is 22.6 Å². The van der Waals surface area contributed by atoms with Crippen LogP contribution in [-0.2, 0) is 16.0 Å². The number of carboxylic acid groups (broad SMARTS) is 1. The van der Waals surface area contributed by atoms with Crippen LogP contribution in [0.25, 0.3) is 27.5 Å². The van der Waals surface area contributed by atoms with Crippen LogP contribution in [0, 0.1) is 18.2 Å². The lowest BCUT2D eigenvalue weighted by atomic mass is 9.87. The number of aryl methyl sites for hydroxylation is 1. The maximum Gasteiger partial charge on any atom is 0.309 e. The summed E-state index contributed by atoms with van der Waals surface area (Å²) in [7, 11) is 0. The number of carboxylic acids is 1. The number of nitrogens with zero attached hydrogens (tertiary/aromatic N) is 2. The third-order valence-corrected chi connectivity index (χ3v) is 7.50.